The van der Waals surface area contributed by atoms with Crippen molar-refractivity contribution in [3.05, 3.63) is 42.2 Å². The summed E-state index contributed by atoms with van der Waals surface area (Å²) in [5, 5.41) is 2.42. The summed E-state index contributed by atoms with van der Waals surface area (Å²) in [6.45, 7) is 0.265. The summed E-state index contributed by atoms with van der Waals surface area (Å²) in [7, 11) is -3.25. The van der Waals surface area contributed by atoms with Gasteiger partial charge in [0.15, 0.2) is 15.9 Å². The SMILES string of the molecule is CS(=O)(=O)c1ccc(CN2C=CNC(=O)C2C(N)=O)cc1. The number of nitrogens with one attached hydrogen (secondary N) is 1. The third-order valence-electron chi connectivity index (χ3n) is 3.06. The number of carbonyl (C=O) groups excluding carboxylic acids is 2. The zero-order valence-corrected chi connectivity index (χ0v) is 12.1. The molecule has 1 unspecified atom stereocenters. The average Bonchev–Trinajstić information content (AvgIpc) is 2.38. The molecule has 8 heteroatoms. The first-order valence-electron chi connectivity index (χ1n) is 6.10. The van der Waals surface area contributed by atoms with Gasteiger partial charge in [-0.2, -0.15) is 0 Å². The molecule has 1 atom stereocenters. The van der Waals surface area contributed by atoms with Crippen molar-refractivity contribution in [3.8, 4) is 0 Å². The Bertz CT molecular complexity index is 695. The lowest BCUT2D eigenvalue weighted by Crippen LogP contribution is -2.53. The first kappa shape index (κ1) is 15.0. The third-order valence-corrected chi connectivity index (χ3v) is 4.19. The van der Waals surface area contributed by atoms with Crippen LogP contribution in [0.25, 0.3) is 0 Å². The number of nitrogens with zero attached hydrogens (tertiary/aromatic N) is 1. The minimum absolute atomic E-state index is 0.213. The van der Waals surface area contributed by atoms with E-state index in [-0.39, 0.29) is 11.4 Å². The van der Waals surface area contributed by atoms with E-state index in [0.29, 0.717) is 0 Å². The fourth-order valence-electron chi connectivity index (χ4n) is 2.02. The summed E-state index contributed by atoms with van der Waals surface area (Å²) in [6.07, 6.45) is 4.11. The fraction of sp³-hybridized carbons (Fsp3) is 0.231. The Hall–Kier alpha value is -2.35. The van der Waals surface area contributed by atoms with Crippen molar-refractivity contribution in [2.45, 2.75) is 17.5 Å². The van der Waals surface area contributed by atoms with Crippen molar-refractivity contribution in [1.29, 1.82) is 0 Å². The molecule has 1 aromatic carbocycles. The number of amides is 2. The van der Waals surface area contributed by atoms with Gasteiger partial charge in [-0.05, 0) is 17.7 Å². The Balaban J connectivity index is 2.21. The molecule has 2 rings (SSSR count). The van der Waals surface area contributed by atoms with E-state index in [4.69, 9.17) is 5.73 Å². The van der Waals surface area contributed by atoms with Gasteiger partial charge in [-0.25, -0.2) is 8.42 Å². The van der Waals surface area contributed by atoms with E-state index in [1.165, 1.54) is 23.2 Å². The highest BCUT2D eigenvalue weighted by molar-refractivity contribution is 7.90. The highest BCUT2D eigenvalue weighted by atomic mass is 32.2. The Kier molecular flexibility index (Phi) is 3.99. The molecule has 1 heterocycles. The average molecular weight is 309 g/mol. The zero-order chi connectivity index (χ0) is 15.6. The molecule has 0 saturated heterocycles. The Morgan fingerprint density at radius 3 is 2.48 bits per heavy atom. The summed E-state index contributed by atoms with van der Waals surface area (Å²) < 4.78 is 22.8. The van der Waals surface area contributed by atoms with Crippen LogP contribution in [0.1, 0.15) is 5.56 Å². The molecule has 1 aliphatic heterocycles. The van der Waals surface area contributed by atoms with Crippen molar-refractivity contribution in [2.24, 2.45) is 5.73 Å². The van der Waals surface area contributed by atoms with Crippen LogP contribution in [0.5, 0.6) is 0 Å². The molecule has 0 aliphatic carbocycles. The number of primary amides is 1. The van der Waals surface area contributed by atoms with E-state index in [0.717, 1.165) is 11.8 Å². The van der Waals surface area contributed by atoms with Crippen molar-refractivity contribution >= 4 is 21.7 Å². The van der Waals surface area contributed by atoms with Crippen LogP contribution in [0.3, 0.4) is 0 Å². The summed E-state index contributed by atoms with van der Waals surface area (Å²) in [5.41, 5.74) is 5.99. The molecule has 0 fully saturated rings. The molecule has 7 nitrogen and oxygen atoms in total. The monoisotopic (exact) mass is 309 g/mol. The summed E-state index contributed by atoms with van der Waals surface area (Å²) in [5.74, 6) is -1.23. The Morgan fingerprint density at radius 1 is 1.33 bits per heavy atom. The summed E-state index contributed by atoms with van der Waals surface area (Å²) >= 11 is 0. The molecular weight excluding hydrogens is 294 g/mol. The largest absolute Gasteiger partial charge is 0.367 e. The second-order valence-electron chi connectivity index (χ2n) is 4.72. The topological polar surface area (TPSA) is 110 Å². The first-order valence-corrected chi connectivity index (χ1v) is 7.99. The van der Waals surface area contributed by atoms with E-state index in [9.17, 15) is 18.0 Å². The van der Waals surface area contributed by atoms with Crippen LogP contribution < -0.4 is 11.1 Å². The molecular formula is C13H15N3O4S. The molecule has 3 N–H and O–H groups in total. The zero-order valence-electron chi connectivity index (χ0n) is 11.3. The van der Waals surface area contributed by atoms with Crippen molar-refractivity contribution in [1.82, 2.24) is 10.2 Å². The predicted octanol–water partition coefficient (Wildman–Crippen LogP) is -0.653. The second-order valence-corrected chi connectivity index (χ2v) is 6.73. The van der Waals surface area contributed by atoms with Crippen molar-refractivity contribution in [3.63, 3.8) is 0 Å². The van der Waals surface area contributed by atoms with Gasteiger partial charge in [0.05, 0.1) is 4.90 Å². The lowest BCUT2D eigenvalue weighted by Gasteiger charge is -2.30. The van der Waals surface area contributed by atoms with Gasteiger partial charge >= 0.3 is 0 Å². The number of hydrogen-bond acceptors (Lipinski definition) is 5. The standard InChI is InChI=1S/C13H15N3O4S/c1-21(19,20)10-4-2-9(3-5-10)8-16-7-6-15-13(18)11(16)12(14)17/h2-7,11H,8H2,1H3,(H2,14,17)(H,15,18). The normalized spacial score (nSPS) is 18.4. The van der Waals surface area contributed by atoms with E-state index in [1.54, 1.807) is 18.3 Å². The number of benzene rings is 1. The molecule has 0 spiro atoms. The number of hydrogen-bond donors (Lipinski definition) is 2. The first-order chi connectivity index (χ1) is 9.79. The molecule has 2 amide bonds. The quantitative estimate of drug-likeness (QED) is 0.718. The van der Waals surface area contributed by atoms with Gasteiger partial charge in [-0.15, -0.1) is 0 Å². The van der Waals surface area contributed by atoms with Crippen LogP contribution in [-0.4, -0.2) is 37.4 Å². The molecule has 21 heavy (non-hydrogen) atoms. The van der Waals surface area contributed by atoms with Gasteiger partial charge in [-0.1, -0.05) is 12.1 Å². The van der Waals surface area contributed by atoms with Gasteiger partial charge in [0, 0.05) is 25.2 Å². The molecule has 1 aromatic rings. The number of carbonyl (C=O) groups is 2. The van der Waals surface area contributed by atoms with Gasteiger partial charge in [0.1, 0.15) is 0 Å². The molecule has 0 radical (unpaired) electrons. The maximum Gasteiger partial charge on any atom is 0.256 e. The Morgan fingerprint density at radius 2 is 1.95 bits per heavy atom. The van der Waals surface area contributed by atoms with Gasteiger partial charge in [-0.3, -0.25) is 9.59 Å². The van der Waals surface area contributed by atoms with Crippen LogP contribution in [0, 0.1) is 0 Å². The molecule has 0 bridgehead atoms. The van der Waals surface area contributed by atoms with Crippen molar-refractivity contribution < 1.29 is 18.0 Å². The summed E-state index contributed by atoms with van der Waals surface area (Å²) in [4.78, 5) is 24.7. The van der Waals surface area contributed by atoms with Gasteiger partial charge in [0.25, 0.3) is 5.91 Å². The van der Waals surface area contributed by atoms with Crippen LogP contribution in [-0.2, 0) is 26.0 Å². The maximum absolute atomic E-state index is 11.6. The van der Waals surface area contributed by atoms with Crippen LogP contribution in [0.2, 0.25) is 0 Å². The van der Waals surface area contributed by atoms with E-state index in [2.05, 4.69) is 5.32 Å². The second kappa shape index (κ2) is 5.57. The lowest BCUT2D eigenvalue weighted by atomic mass is 10.1. The van der Waals surface area contributed by atoms with Gasteiger partial charge < -0.3 is 16.0 Å². The van der Waals surface area contributed by atoms with E-state index >= 15 is 0 Å². The minimum atomic E-state index is -3.25. The summed E-state index contributed by atoms with van der Waals surface area (Å²) in [6, 6.07) is 5.16. The van der Waals surface area contributed by atoms with Gasteiger partial charge in [0.2, 0.25) is 5.91 Å². The van der Waals surface area contributed by atoms with Crippen molar-refractivity contribution in [2.75, 3.05) is 6.26 Å². The number of sulfone groups is 1. The Labute approximate surface area is 122 Å². The van der Waals surface area contributed by atoms with Crippen LogP contribution >= 0.6 is 0 Å². The maximum atomic E-state index is 11.6. The highest BCUT2D eigenvalue weighted by Crippen LogP contribution is 2.15. The minimum Gasteiger partial charge on any atom is -0.367 e. The highest BCUT2D eigenvalue weighted by Gasteiger charge is 2.31. The third kappa shape index (κ3) is 3.40. The molecule has 112 valence electrons. The number of rotatable bonds is 4. The van der Waals surface area contributed by atoms with Crippen LogP contribution in [0.4, 0.5) is 0 Å². The smallest absolute Gasteiger partial charge is 0.256 e. The van der Waals surface area contributed by atoms with E-state index < -0.39 is 27.7 Å². The molecule has 1 aliphatic rings. The molecule has 0 saturated carbocycles. The molecule has 0 aromatic heterocycles. The fourth-order valence-corrected chi connectivity index (χ4v) is 2.65. The predicted molar refractivity (Wildman–Crippen MR) is 75.4 cm³/mol. The van der Waals surface area contributed by atoms with Crippen LogP contribution in [0.15, 0.2) is 41.6 Å². The van der Waals surface area contributed by atoms with E-state index in [1.807, 2.05) is 0 Å². The lowest BCUT2D eigenvalue weighted by molar-refractivity contribution is -0.134. The number of nitrogens with two attached hydrogens (primary N) is 1.